The monoisotopic (exact) mass is 313 g/mol. The molecule has 3 rings (SSSR count). The summed E-state index contributed by atoms with van der Waals surface area (Å²) in [5, 5.41) is 15.4. The summed E-state index contributed by atoms with van der Waals surface area (Å²) in [5.74, 6) is 0.997. The maximum Gasteiger partial charge on any atom is 0.243 e. The molecule has 6 heteroatoms. The zero-order chi connectivity index (χ0) is 16.2. The highest BCUT2D eigenvalue weighted by molar-refractivity contribution is 5.75. The molecule has 1 fully saturated rings. The Balaban J connectivity index is 1.62. The number of carbonyl (C=O) groups is 1. The largest absolute Gasteiger partial charge is 0.352 e. The lowest BCUT2D eigenvalue weighted by Crippen LogP contribution is -2.35. The third kappa shape index (κ3) is 3.94. The highest BCUT2D eigenvalue weighted by Gasteiger charge is 2.18. The van der Waals surface area contributed by atoms with Gasteiger partial charge in [0.15, 0.2) is 0 Å². The van der Waals surface area contributed by atoms with Crippen molar-refractivity contribution in [1.29, 1.82) is 0 Å². The van der Waals surface area contributed by atoms with Gasteiger partial charge in [-0.2, -0.15) is 4.80 Å². The van der Waals surface area contributed by atoms with Crippen LogP contribution in [0.15, 0.2) is 24.3 Å². The van der Waals surface area contributed by atoms with Gasteiger partial charge in [0.2, 0.25) is 11.7 Å². The number of amides is 1. The lowest BCUT2D eigenvalue weighted by molar-refractivity contribution is -0.122. The van der Waals surface area contributed by atoms with Crippen molar-refractivity contribution in [2.75, 3.05) is 0 Å². The van der Waals surface area contributed by atoms with E-state index in [4.69, 9.17) is 0 Å². The van der Waals surface area contributed by atoms with E-state index in [1.807, 2.05) is 12.1 Å². The first-order chi connectivity index (χ1) is 11.1. The van der Waals surface area contributed by atoms with Crippen LogP contribution in [0, 0.1) is 0 Å². The van der Waals surface area contributed by atoms with E-state index in [0.29, 0.717) is 17.8 Å². The van der Waals surface area contributed by atoms with E-state index in [1.165, 1.54) is 23.2 Å². The van der Waals surface area contributed by atoms with Gasteiger partial charge in [-0.05, 0) is 29.5 Å². The van der Waals surface area contributed by atoms with Gasteiger partial charge in [-0.15, -0.1) is 10.2 Å². The Morgan fingerprint density at radius 2 is 1.96 bits per heavy atom. The number of hydrogen-bond donors (Lipinski definition) is 1. The molecule has 23 heavy (non-hydrogen) atoms. The molecular formula is C17H23N5O. The first-order valence-corrected chi connectivity index (χ1v) is 8.29. The van der Waals surface area contributed by atoms with Crippen LogP contribution in [0.1, 0.15) is 51.0 Å². The molecule has 0 saturated heterocycles. The van der Waals surface area contributed by atoms with Crippen LogP contribution in [0.4, 0.5) is 0 Å². The van der Waals surface area contributed by atoms with E-state index >= 15 is 0 Å². The highest BCUT2D eigenvalue weighted by Crippen LogP contribution is 2.19. The molecule has 122 valence electrons. The zero-order valence-corrected chi connectivity index (χ0v) is 13.7. The van der Waals surface area contributed by atoms with E-state index in [-0.39, 0.29) is 12.5 Å². The van der Waals surface area contributed by atoms with E-state index in [2.05, 4.69) is 46.7 Å². The van der Waals surface area contributed by atoms with Gasteiger partial charge < -0.3 is 5.32 Å². The van der Waals surface area contributed by atoms with E-state index in [9.17, 15) is 4.79 Å². The minimum atomic E-state index is -0.0454. The highest BCUT2D eigenvalue weighted by atomic mass is 16.2. The van der Waals surface area contributed by atoms with Gasteiger partial charge in [0.05, 0.1) is 0 Å². The van der Waals surface area contributed by atoms with Gasteiger partial charge in [0, 0.05) is 11.6 Å². The van der Waals surface area contributed by atoms with Crippen molar-refractivity contribution in [2.45, 2.75) is 58.0 Å². The molecule has 0 bridgehead atoms. The second kappa shape index (κ2) is 6.89. The fourth-order valence-corrected chi connectivity index (χ4v) is 2.91. The van der Waals surface area contributed by atoms with Crippen LogP contribution in [0.25, 0.3) is 11.4 Å². The molecule has 0 unspecified atom stereocenters. The molecule has 1 aromatic carbocycles. The maximum absolute atomic E-state index is 12.0. The van der Waals surface area contributed by atoms with Crippen molar-refractivity contribution in [1.82, 2.24) is 25.5 Å². The molecule has 2 aromatic rings. The van der Waals surface area contributed by atoms with Crippen molar-refractivity contribution in [3.63, 3.8) is 0 Å². The van der Waals surface area contributed by atoms with Crippen LogP contribution < -0.4 is 5.32 Å². The minimum absolute atomic E-state index is 0.0454. The third-order valence-corrected chi connectivity index (χ3v) is 4.29. The Hall–Kier alpha value is -2.24. The predicted octanol–water partition coefficient (Wildman–Crippen LogP) is 2.52. The van der Waals surface area contributed by atoms with Gasteiger partial charge in [-0.3, -0.25) is 4.79 Å². The van der Waals surface area contributed by atoms with Crippen LogP contribution in [0.2, 0.25) is 0 Å². The van der Waals surface area contributed by atoms with Crippen LogP contribution >= 0.6 is 0 Å². The lowest BCUT2D eigenvalue weighted by atomic mass is 10.0. The molecule has 1 aliphatic rings. The standard InChI is InChI=1S/C17H23N5O/c1-12(2)13-7-9-14(10-8-13)17-19-21-22(20-17)11-16(23)18-15-5-3-4-6-15/h7-10,12,15H,3-6,11H2,1-2H3,(H,18,23). The van der Waals surface area contributed by atoms with E-state index in [0.717, 1.165) is 18.4 Å². The van der Waals surface area contributed by atoms with Crippen LogP contribution in [-0.2, 0) is 11.3 Å². The number of tetrazole rings is 1. The van der Waals surface area contributed by atoms with Crippen molar-refractivity contribution in [3.8, 4) is 11.4 Å². The van der Waals surface area contributed by atoms with Gasteiger partial charge in [-0.25, -0.2) is 0 Å². The normalized spacial score (nSPS) is 15.3. The minimum Gasteiger partial charge on any atom is -0.352 e. The summed E-state index contributed by atoms with van der Waals surface area (Å²) in [7, 11) is 0. The molecule has 6 nitrogen and oxygen atoms in total. The van der Waals surface area contributed by atoms with Crippen LogP contribution in [-0.4, -0.2) is 32.2 Å². The SMILES string of the molecule is CC(C)c1ccc(-c2nnn(CC(=O)NC3CCCC3)n2)cc1. The van der Waals surface area contributed by atoms with Gasteiger partial charge in [0.1, 0.15) is 6.54 Å². The maximum atomic E-state index is 12.0. The zero-order valence-electron chi connectivity index (χ0n) is 13.7. The third-order valence-electron chi connectivity index (χ3n) is 4.29. The molecule has 1 aliphatic carbocycles. The van der Waals surface area contributed by atoms with E-state index < -0.39 is 0 Å². The molecule has 1 amide bonds. The van der Waals surface area contributed by atoms with Crippen molar-refractivity contribution < 1.29 is 4.79 Å². The smallest absolute Gasteiger partial charge is 0.243 e. The number of aromatic nitrogens is 4. The van der Waals surface area contributed by atoms with Gasteiger partial charge in [-0.1, -0.05) is 51.0 Å². The first kappa shape index (κ1) is 15.6. The fourth-order valence-electron chi connectivity index (χ4n) is 2.91. The molecule has 1 heterocycles. The first-order valence-electron chi connectivity index (χ1n) is 8.29. The van der Waals surface area contributed by atoms with Crippen LogP contribution in [0.3, 0.4) is 0 Å². The quantitative estimate of drug-likeness (QED) is 0.920. The Morgan fingerprint density at radius 3 is 2.61 bits per heavy atom. The van der Waals surface area contributed by atoms with Crippen molar-refractivity contribution in [2.24, 2.45) is 0 Å². The summed E-state index contributed by atoms with van der Waals surface area (Å²) in [5.41, 5.74) is 2.19. The molecule has 1 N–H and O–H groups in total. The Morgan fingerprint density at radius 1 is 1.26 bits per heavy atom. The Bertz CT molecular complexity index is 656. The number of rotatable bonds is 5. The van der Waals surface area contributed by atoms with Crippen molar-refractivity contribution >= 4 is 5.91 Å². The summed E-state index contributed by atoms with van der Waals surface area (Å²) in [6, 6.07) is 8.46. The predicted molar refractivity (Wildman–Crippen MR) is 87.7 cm³/mol. The summed E-state index contributed by atoms with van der Waals surface area (Å²) in [6.45, 7) is 4.44. The molecule has 0 radical (unpaired) electrons. The topological polar surface area (TPSA) is 72.7 Å². The second-order valence-corrected chi connectivity index (χ2v) is 6.47. The number of carbonyl (C=O) groups excluding carboxylic acids is 1. The Labute approximate surface area is 136 Å². The van der Waals surface area contributed by atoms with Gasteiger partial charge in [0.25, 0.3) is 0 Å². The molecule has 0 spiro atoms. The average molecular weight is 313 g/mol. The van der Waals surface area contributed by atoms with Gasteiger partial charge >= 0.3 is 0 Å². The Kier molecular flexibility index (Phi) is 4.69. The molecule has 1 aromatic heterocycles. The molecule has 0 atom stereocenters. The van der Waals surface area contributed by atoms with Crippen LogP contribution in [0.5, 0.6) is 0 Å². The lowest BCUT2D eigenvalue weighted by Gasteiger charge is -2.10. The summed E-state index contributed by atoms with van der Waals surface area (Å²) >= 11 is 0. The summed E-state index contributed by atoms with van der Waals surface area (Å²) in [4.78, 5) is 13.4. The number of nitrogens with zero attached hydrogens (tertiary/aromatic N) is 4. The summed E-state index contributed by atoms with van der Waals surface area (Å²) in [6.07, 6.45) is 4.54. The molecule has 1 saturated carbocycles. The second-order valence-electron chi connectivity index (χ2n) is 6.47. The fraction of sp³-hybridized carbons (Fsp3) is 0.529. The summed E-state index contributed by atoms with van der Waals surface area (Å²) < 4.78 is 0. The molecular weight excluding hydrogens is 290 g/mol. The number of hydrogen-bond acceptors (Lipinski definition) is 4. The van der Waals surface area contributed by atoms with E-state index in [1.54, 1.807) is 0 Å². The average Bonchev–Trinajstić information content (AvgIpc) is 3.19. The number of nitrogens with one attached hydrogen (secondary N) is 1. The number of benzene rings is 1. The van der Waals surface area contributed by atoms with Crippen molar-refractivity contribution in [3.05, 3.63) is 29.8 Å². The molecule has 0 aliphatic heterocycles.